The van der Waals surface area contributed by atoms with E-state index < -0.39 is 29.5 Å². The second-order valence-corrected chi connectivity index (χ2v) is 10.4. The van der Waals surface area contributed by atoms with Crippen molar-refractivity contribution in [3.05, 3.63) is 130 Å². The van der Waals surface area contributed by atoms with E-state index in [1.807, 2.05) is 48.5 Å². The number of imide groups is 1. The van der Waals surface area contributed by atoms with Crippen LogP contribution in [0, 0.1) is 11.8 Å². The summed E-state index contributed by atoms with van der Waals surface area (Å²) < 4.78 is 39.1. The van der Waals surface area contributed by atoms with Crippen molar-refractivity contribution in [2.45, 2.75) is 18.0 Å². The van der Waals surface area contributed by atoms with Gasteiger partial charge >= 0.3 is 6.18 Å². The number of halogens is 3. The molecule has 0 unspecified atom stereocenters. The number of alkyl halides is 3. The normalized spacial score (nSPS) is 22.5. The Morgan fingerprint density at radius 3 is 1.65 bits per heavy atom. The lowest BCUT2D eigenvalue weighted by atomic mass is 9.55. The van der Waals surface area contributed by atoms with Crippen molar-refractivity contribution in [1.29, 1.82) is 0 Å². The summed E-state index contributed by atoms with van der Waals surface area (Å²) in [6, 6.07) is 26.3. The predicted molar refractivity (Wildman–Crippen MR) is 142 cm³/mol. The summed E-state index contributed by atoms with van der Waals surface area (Å²) in [4.78, 5) is 41.7. The molecule has 8 rings (SSSR count). The molecule has 2 bridgehead atoms. The van der Waals surface area contributed by atoms with Crippen LogP contribution in [-0.2, 0) is 15.8 Å². The number of carbonyl (C=O) groups is 3. The Hall–Kier alpha value is -4.72. The lowest BCUT2D eigenvalue weighted by molar-refractivity contribution is -0.137. The Kier molecular flexibility index (Phi) is 5.26. The Morgan fingerprint density at radius 2 is 1.18 bits per heavy atom. The van der Waals surface area contributed by atoms with Crippen molar-refractivity contribution in [2.75, 3.05) is 10.2 Å². The molecule has 1 saturated heterocycles. The van der Waals surface area contributed by atoms with E-state index in [-0.39, 0.29) is 34.9 Å². The van der Waals surface area contributed by atoms with Crippen molar-refractivity contribution in [1.82, 2.24) is 0 Å². The second-order valence-electron chi connectivity index (χ2n) is 10.4. The van der Waals surface area contributed by atoms with E-state index in [1.54, 1.807) is 0 Å². The number of hydrogen-bond acceptors (Lipinski definition) is 3. The molecule has 1 heterocycles. The minimum atomic E-state index is -4.53. The van der Waals surface area contributed by atoms with Crippen LogP contribution in [0.25, 0.3) is 0 Å². The Morgan fingerprint density at radius 1 is 0.675 bits per heavy atom. The zero-order valence-corrected chi connectivity index (χ0v) is 20.9. The maximum atomic E-state index is 13.9. The number of nitrogens with zero attached hydrogens (tertiary/aromatic N) is 1. The fourth-order valence-electron chi connectivity index (χ4n) is 6.67. The molecule has 8 heteroatoms. The second kappa shape index (κ2) is 8.64. The molecule has 4 aromatic carbocycles. The van der Waals surface area contributed by atoms with E-state index in [0.717, 1.165) is 34.4 Å². The molecule has 0 spiro atoms. The monoisotopic (exact) mass is 538 g/mol. The number of carbonyl (C=O) groups excluding carboxylic acids is 3. The highest BCUT2D eigenvalue weighted by atomic mass is 19.4. The van der Waals surface area contributed by atoms with Gasteiger partial charge in [0.2, 0.25) is 11.8 Å². The Labute approximate surface area is 227 Å². The maximum absolute atomic E-state index is 13.9. The van der Waals surface area contributed by atoms with E-state index in [4.69, 9.17) is 0 Å². The number of anilines is 2. The molecular formula is C32H21F3N2O3. The van der Waals surface area contributed by atoms with Crippen LogP contribution in [-0.4, -0.2) is 17.7 Å². The molecule has 2 atom stereocenters. The molecule has 1 aliphatic heterocycles. The SMILES string of the molecule is O=C(Nc1cccc(C(F)(F)F)c1)c1ccc(N2C(=O)[C@H]3C4c5ccccc5C(c5ccccc54)[C@@H]3C2=O)cc1. The highest BCUT2D eigenvalue weighted by molar-refractivity contribution is 6.23. The molecule has 5 nitrogen and oxygen atoms in total. The van der Waals surface area contributed by atoms with Gasteiger partial charge in [-0.3, -0.25) is 14.4 Å². The number of benzene rings is 4. The molecule has 0 radical (unpaired) electrons. The van der Waals surface area contributed by atoms with E-state index in [2.05, 4.69) is 5.32 Å². The molecular weight excluding hydrogens is 517 g/mol. The number of nitrogens with one attached hydrogen (secondary N) is 1. The van der Waals surface area contributed by atoms with E-state index in [9.17, 15) is 27.6 Å². The first-order chi connectivity index (χ1) is 19.2. The summed E-state index contributed by atoms with van der Waals surface area (Å²) in [6.45, 7) is 0. The van der Waals surface area contributed by atoms with Crippen LogP contribution in [0.3, 0.4) is 0 Å². The van der Waals surface area contributed by atoms with Crippen molar-refractivity contribution in [3.63, 3.8) is 0 Å². The van der Waals surface area contributed by atoms with Gasteiger partial charge in [-0.25, -0.2) is 4.90 Å². The molecule has 3 aliphatic carbocycles. The minimum absolute atomic E-state index is 0.00693. The first-order valence-corrected chi connectivity index (χ1v) is 12.9. The maximum Gasteiger partial charge on any atom is 0.416 e. The van der Waals surface area contributed by atoms with Gasteiger partial charge < -0.3 is 5.32 Å². The molecule has 40 heavy (non-hydrogen) atoms. The van der Waals surface area contributed by atoms with Gasteiger partial charge in [-0.1, -0.05) is 54.6 Å². The van der Waals surface area contributed by atoms with Gasteiger partial charge in [-0.15, -0.1) is 0 Å². The summed E-state index contributed by atoms with van der Waals surface area (Å²) in [6.07, 6.45) is -4.53. The standard InChI is InChI=1S/C32H21F3N2O3/c33-32(34,35)18-6-5-7-19(16-18)36-29(38)17-12-14-20(15-13-17)37-30(39)27-25-21-8-1-2-9-22(21)26(28(27)31(37)40)24-11-4-3-10-23(24)25/h1-16,25-28H,(H,36,38)/t25?,26?,27-,28-/m0/s1. The third kappa shape index (κ3) is 3.52. The van der Waals surface area contributed by atoms with Crippen LogP contribution in [0.2, 0.25) is 0 Å². The van der Waals surface area contributed by atoms with Crippen LogP contribution in [0.5, 0.6) is 0 Å². The van der Waals surface area contributed by atoms with Gasteiger partial charge in [0.15, 0.2) is 0 Å². The molecule has 3 amide bonds. The van der Waals surface area contributed by atoms with E-state index in [0.29, 0.717) is 5.69 Å². The predicted octanol–water partition coefficient (Wildman–Crippen LogP) is 6.35. The van der Waals surface area contributed by atoms with E-state index in [1.165, 1.54) is 41.3 Å². The van der Waals surface area contributed by atoms with Crippen molar-refractivity contribution in [3.8, 4) is 0 Å². The molecule has 0 saturated carbocycles. The van der Waals surface area contributed by atoms with Crippen molar-refractivity contribution >= 4 is 29.1 Å². The quantitative estimate of drug-likeness (QED) is 0.309. The third-order valence-corrected chi connectivity index (χ3v) is 8.28. The highest BCUT2D eigenvalue weighted by Gasteiger charge is 2.61. The lowest BCUT2D eigenvalue weighted by Gasteiger charge is -2.45. The summed E-state index contributed by atoms with van der Waals surface area (Å²) in [5.41, 5.74) is 3.99. The average Bonchev–Trinajstić information content (AvgIpc) is 3.23. The summed E-state index contributed by atoms with van der Waals surface area (Å²) >= 11 is 0. The third-order valence-electron chi connectivity index (χ3n) is 8.28. The molecule has 4 aliphatic rings. The van der Waals surface area contributed by atoms with Gasteiger partial charge in [0.1, 0.15) is 0 Å². The van der Waals surface area contributed by atoms with Gasteiger partial charge in [0, 0.05) is 23.1 Å². The zero-order valence-electron chi connectivity index (χ0n) is 20.9. The largest absolute Gasteiger partial charge is 0.416 e. The van der Waals surface area contributed by atoms with Gasteiger partial charge in [0.25, 0.3) is 5.91 Å². The topological polar surface area (TPSA) is 66.5 Å². The first kappa shape index (κ1) is 24.3. The van der Waals surface area contributed by atoms with Gasteiger partial charge in [-0.2, -0.15) is 13.2 Å². The van der Waals surface area contributed by atoms with E-state index >= 15 is 0 Å². The molecule has 1 N–H and O–H groups in total. The molecule has 0 aromatic heterocycles. The minimum Gasteiger partial charge on any atom is -0.322 e. The molecule has 198 valence electrons. The van der Waals surface area contributed by atoms with Crippen LogP contribution in [0.15, 0.2) is 97.1 Å². The molecule has 1 fully saturated rings. The van der Waals surface area contributed by atoms with Crippen LogP contribution < -0.4 is 10.2 Å². The summed E-state index contributed by atoms with van der Waals surface area (Å²) in [7, 11) is 0. The molecule has 4 aromatic rings. The Balaban J connectivity index is 1.18. The average molecular weight is 539 g/mol. The summed E-state index contributed by atoms with van der Waals surface area (Å²) in [5, 5.41) is 2.47. The Bertz CT molecular complexity index is 1600. The summed E-state index contributed by atoms with van der Waals surface area (Å²) in [5.74, 6) is -2.63. The number of hydrogen-bond donors (Lipinski definition) is 1. The fraction of sp³-hybridized carbons (Fsp3) is 0.156. The van der Waals surface area contributed by atoms with Crippen molar-refractivity contribution < 1.29 is 27.6 Å². The zero-order chi connectivity index (χ0) is 27.8. The first-order valence-electron chi connectivity index (χ1n) is 12.9. The van der Waals surface area contributed by atoms with Crippen LogP contribution >= 0.6 is 0 Å². The van der Waals surface area contributed by atoms with Crippen molar-refractivity contribution in [2.24, 2.45) is 11.8 Å². The van der Waals surface area contributed by atoms with Gasteiger partial charge in [-0.05, 0) is 64.7 Å². The number of amides is 3. The highest BCUT2D eigenvalue weighted by Crippen LogP contribution is 2.61. The van der Waals surface area contributed by atoms with Crippen LogP contribution in [0.1, 0.15) is 50.0 Å². The smallest absolute Gasteiger partial charge is 0.322 e. The van der Waals surface area contributed by atoms with Gasteiger partial charge in [0.05, 0.1) is 23.1 Å². The lowest BCUT2D eigenvalue weighted by Crippen LogP contribution is -2.41. The number of rotatable bonds is 3. The van der Waals surface area contributed by atoms with Crippen LogP contribution in [0.4, 0.5) is 24.5 Å². The fourth-order valence-corrected chi connectivity index (χ4v) is 6.67.